The number of carbonyl (C=O) groups is 1. The highest BCUT2D eigenvalue weighted by atomic mass is 16.1. The monoisotopic (exact) mass is 335 g/mol. The van der Waals surface area contributed by atoms with E-state index < -0.39 is 6.04 Å². The normalized spacial score (nSPS) is 16.3. The van der Waals surface area contributed by atoms with E-state index in [0.29, 0.717) is 11.5 Å². The summed E-state index contributed by atoms with van der Waals surface area (Å²) in [5.41, 5.74) is 2.96. The van der Waals surface area contributed by atoms with Crippen molar-refractivity contribution in [3.05, 3.63) is 65.6 Å². The molecule has 8 nitrogen and oxygen atoms in total. The van der Waals surface area contributed by atoms with E-state index >= 15 is 0 Å². The van der Waals surface area contributed by atoms with Crippen LogP contribution in [0.15, 0.2) is 59.9 Å². The van der Waals surface area contributed by atoms with Crippen molar-refractivity contribution in [1.82, 2.24) is 24.8 Å². The molecule has 3 heterocycles. The maximum Gasteiger partial charge on any atom is 0.255 e. The van der Waals surface area contributed by atoms with Gasteiger partial charge in [-0.1, -0.05) is 23.3 Å². The Hall–Kier alpha value is -3.42. The highest BCUT2D eigenvalue weighted by molar-refractivity contribution is 6.05. The first-order chi connectivity index (χ1) is 12.1. The van der Waals surface area contributed by atoms with Crippen LogP contribution in [-0.4, -0.2) is 30.7 Å². The van der Waals surface area contributed by atoms with E-state index in [1.807, 2.05) is 67.2 Å². The molecular weight excluding hydrogens is 318 g/mol. The molecule has 126 valence electrons. The Labute approximate surface area is 144 Å². The van der Waals surface area contributed by atoms with E-state index in [0.717, 1.165) is 17.1 Å². The molecule has 1 aliphatic rings. The summed E-state index contributed by atoms with van der Waals surface area (Å²) in [5, 5.41) is 17.9. The van der Waals surface area contributed by atoms with Crippen LogP contribution in [-0.2, 0) is 11.8 Å². The quantitative estimate of drug-likeness (QED) is 0.763. The van der Waals surface area contributed by atoms with Gasteiger partial charge in [0.25, 0.3) is 5.91 Å². The summed E-state index contributed by atoms with van der Waals surface area (Å²) in [4.78, 5) is 13.0. The number of nitrogens with one attached hydrogen (secondary N) is 2. The van der Waals surface area contributed by atoms with Crippen LogP contribution in [0.4, 0.5) is 11.6 Å². The second-order valence-electron chi connectivity index (χ2n) is 5.88. The second kappa shape index (κ2) is 5.90. The van der Waals surface area contributed by atoms with Crippen LogP contribution < -0.4 is 10.6 Å². The summed E-state index contributed by atoms with van der Waals surface area (Å²) in [6, 6.07) is 12.9. The van der Waals surface area contributed by atoms with Crippen LogP contribution in [0.1, 0.15) is 18.7 Å². The number of fused-ring (bicyclic) bond motifs is 1. The van der Waals surface area contributed by atoms with Crippen LogP contribution in [0.3, 0.4) is 0 Å². The maximum atomic E-state index is 13.0. The van der Waals surface area contributed by atoms with Gasteiger partial charge in [-0.3, -0.25) is 4.79 Å². The van der Waals surface area contributed by atoms with Crippen molar-refractivity contribution in [1.29, 1.82) is 0 Å². The lowest BCUT2D eigenvalue weighted by molar-refractivity contribution is -0.113. The Morgan fingerprint density at radius 1 is 1.20 bits per heavy atom. The molecule has 0 spiro atoms. The molecule has 0 radical (unpaired) electrons. The van der Waals surface area contributed by atoms with Gasteiger partial charge in [0, 0.05) is 30.3 Å². The fourth-order valence-electron chi connectivity index (χ4n) is 3.06. The summed E-state index contributed by atoms with van der Waals surface area (Å²) in [7, 11) is 1.93. The van der Waals surface area contributed by atoms with E-state index in [1.54, 1.807) is 4.68 Å². The molecule has 1 atom stereocenters. The van der Waals surface area contributed by atoms with Crippen LogP contribution in [0.5, 0.6) is 0 Å². The first kappa shape index (κ1) is 15.1. The number of aryl methyl sites for hydroxylation is 1. The van der Waals surface area contributed by atoms with Crippen LogP contribution in [0.2, 0.25) is 0 Å². The van der Waals surface area contributed by atoms with Crippen molar-refractivity contribution in [2.75, 3.05) is 10.6 Å². The average Bonchev–Trinajstić information content (AvgIpc) is 3.23. The Morgan fingerprint density at radius 3 is 2.72 bits per heavy atom. The van der Waals surface area contributed by atoms with Gasteiger partial charge in [0.05, 0.1) is 5.57 Å². The number of benzene rings is 1. The Morgan fingerprint density at radius 2 is 2.00 bits per heavy atom. The number of para-hydroxylation sites is 1. The molecule has 2 N–H and O–H groups in total. The Bertz CT molecular complexity index is 954. The topological polar surface area (TPSA) is 89.7 Å². The van der Waals surface area contributed by atoms with Crippen LogP contribution in [0.25, 0.3) is 0 Å². The van der Waals surface area contributed by atoms with Crippen molar-refractivity contribution in [2.24, 2.45) is 7.05 Å². The molecule has 0 saturated carbocycles. The zero-order valence-electron chi connectivity index (χ0n) is 13.8. The number of amides is 1. The number of aromatic nitrogens is 5. The van der Waals surface area contributed by atoms with Crippen LogP contribution in [0, 0.1) is 0 Å². The molecule has 0 saturated heterocycles. The largest absolute Gasteiger partial charge is 0.352 e. The number of anilines is 2. The molecule has 0 aliphatic carbocycles. The van der Waals surface area contributed by atoms with Gasteiger partial charge >= 0.3 is 0 Å². The van der Waals surface area contributed by atoms with Crippen LogP contribution >= 0.6 is 0 Å². The minimum Gasteiger partial charge on any atom is -0.352 e. The van der Waals surface area contributed by atoms with Crippen molar-refractivity contribution in [3.63, 3.8) is 0 Å². The molecule has 1 amide bonds. The summed E-state index contributed by atoms with van der Waals surface area (Å²) in [6.45, 7) is 1.86. The van der Waals surface area contributed by atoms with E-state index in [1.165, 1.54) is 0 Å². The molecule has 1 aliphatic heterocycles. The van der Waals surface area contributed by atoms with E-state index in [9.17, 15) is 4.79 Å². The fraction of sp³-hybridized carbons (Fsp3) is 0.176. The maximum absolute atomic E-state index is 13.0. The van der Waals surface area contributed by atoms with Crippen molar-refractivity contribution < 1.29 is 4.79 Å². The molecule has 8 heteroatoms. The Balaban J connectivity index is 1.78. The smallest absolute Gasteiger partial charge is 0.255 e. The van der Waals surface area contributed by atoms with Gasteiger partial charge in [0.1, 0.15) is 6.04 Å². The molecular formula is C17H17N7O. The molecule has 2 aromatic heterocycles. The number of hydrogen-bond acceptors (Lipinski definition) is 5. The third kappa shape index (κ3) is 2.57. The van der Waals surface area contributed by atoms with E-state index in [4.69, 9.17) is 0 Å². The lowest BCUT2D eigenvalue weighted by Gasteiger charge is -2.28. The van der Waals surface area contributed by atoms with E-state index in [2.05, 4.69) is 26.2 Å². The number of rotatable bonds is 3. The van der Waals surface area contributed by atoms with Gasteiger partial charge in [-0.25, -0.2) is 0 Å². The van der Waals surface area contributed by atoms with Gasteiger partial charge in [0.15, 0.2) is 0 Å². The lowest BCUT2D eigenvalue weighted by atomic mass is 9.99. The minimum absolute atomic E-state index is 0.191. The molecule has 0 unspecified atom stereocenters. The van der Waals surface area contributed by atoms with Gasteiger partial charge in [-0.15, -0.1) is 0 Å². The number of allylic oxidation sites excluding steroid dienone is 1. The minimum atomic E-state index is -0.407. The molecule has 4 rings (SSSR count). The van der Waals surface area contributed by atoms with Crippen molar-refractivity contribution >= 4 is 17.5 Å². The zero-order chi connectivity index (χ0) is 17.4. The molecule has 0 fully saturated rings. The van der Waals surface area contributed by atoms with Gasteiger partial charge in [0.2, 0.25) is 5.95 Å². The number of carbonyl (C=O) groups excluding carboxylic acids is 1. The second-order valence-corrected chi connectivity index (χ2v) is 5.88. The number of nitrogens with zero attached hydrogens (tertiary/aromatic N) is 5. The first-order valence-electron chi connectivity index (χ1n) is 7.88. The third-order valence-corrected chi connectivity index (χ3v) is 4.25. The first-order valence-corrected chi connectivity index (χ1v) is 7.88. The molecule has 1 aromatic carbocycles. The predicted molar refractivity (Wildman–Crippen MR) is 92.8 cm³/mol. The highest BCUT2D eigenvalue weighted by Gasteiger charge is 2.35. The summed E-state index contributed by atoms with van der Waals surface area (Å²) < 4.78 is 3.59. The number of hydrogen-bond donors (Lipinski definition) is 2. The summed E-state index contributed by atoms with van der Waals surface area (Å²) in [6.07, 6.45) is 1.93. The zero-order valence-corrected chi connectivity index (χ0v) is 13.8. The highest BCUT2D eigenvalue weighted by Crippen LogP contribution is 2.34. The van der Waals surface area contributed by atoms with Crippen molar-refractivity contribution in [3.8, 4) is 0 Å². The average molecular weight is 335 g/mol. The predicted octanol–water partition coefficient (Wildman–Crippen LogP) is 1.94. The number of tetrazole rings is 1. The molecule has 3 aromatic rings. The Kier molecular flexibility index (Phi) is 3.57. The standard InChI is InChI=1S/C17H17N7O/c1-11-14(16(25)19-12-7-4-3-5-8-12)15(13-9-6-10-23(13)2)24-17(18-11)20-21-22-24/h3-10,15H,1-2H3,(H,19,25)(H,18,20,22)/t15-/m0/s1. The van der Waals surface area contributed by atoms with Gasteiger partial charge in [-0.05, 0) is 41.6 Å². The molecule has 25 heavy (non-hydrogen) atoms. The van der Waals surface area contributed by atoms with Crippen molar-refractivity contribution in [2.45, 2.75) is 13.0 Å². The van der Waals surface area contributed by atoms with Gasteiger partial charge < -0.3 is 15.2 Å². The van der Waals surface area contributed by atoms with E-state index in [-0.39, 0.29) is 5.91 Å². The van der Waals surface area contributed by atoms with Gasteiger partial charge in [-0.2, -0.15) is 4.68 Å². The summed E-state index contributed by atoms with van der Waals surface area (Å²) in [5.74, 6) is 0.323. The SMILES string of the molecule is CC1=C(C(=O)Nc2ccccc2)[C@H](c2cccn2C)n2nnnc2N1. The third-order valence-electron chi connectivity index (χ3n) is 4.25. The fourth-order valence-corrected chi connectivity index (χ4v) is 3.06. The summed E-state index contributed by atoms with van der Waals surface area (Å²) >= 11 is 0. The molecule has 0 bridgehead atoms. The lowest BCUT2D eigenvalue weighted by Crippen LogP contribution is -2.32.